The lowest BCUT2D eigenvalue weighted by Gasteiger charge is -2.13. The van der Waals surface area contributed by atoms with E-state index in [0.717, 1.165) is 6.07 Å². The Morgan fingerprint density at radius 3 is 2.00 bits per heavy atom. The predicted molar refractivity (Wildman–Crippen MR) is 168 cm³/mol. The van der Waals surface area contributed by atoms with Gasteiger partial charge in [-0.3, -0.25) is 9.35 Å². The number of ether oxygens (including phenoxy) is 2. The van der Waals surface area contributed by atoms with E-state index in [4.69, 9.17) is 15.2 Å². The number of phenols is 1. The van der Waals surface area contributed by atoms with Gasteiger partial charge in [-0.1, -0.05) is 6.07 Å². The van der Waals surface area contributed by atoms with E-state index in [1.807, 2.05) is 0 Å². The van der Waals surface area contributed by atoms with E-state index >= 15 is 0 Å². The summed E-state index contributed by atoms with van der Waals surface area (Å²) in [7, 11) is -4.92. The second-order valence-electron chi connectivity index (χ2n) is 9.58. The number of aromatic carboxylic acids is 1. The second-order valence-corrected chi connectivity index (χ2v) is 11.0. The van der Waals surface area contributed by atoms with Crippen molar-refractivity contribution in [3.63, 3.8) is 0 Å². The van der Waals surface area contributed by atoms with Gasteiger partial charge in [0, 0.05) is 35.8 Å². The highest BCUT2D eigenvalue weighted by molar-refractivity contribution is 7.86. The Morgan fingerprint density at radius 1 is 0.851 bits per heavy atom. The fraction of sp³-hybridized carbons (Fsp3) is 0.172. The fourth-order valence-corrected chi connectivity index (χ4v) is 4.83. The molecule has 4 aromatic carbocycles. The van der Waals surface area contributed by atoms with Crippen molar-refractivity contribution in [1.82, 2.24) is 0 Å². The number of aromatic hydroxyl groups is 1. The molecule has 0 spiro atoms. The molecule has 0 bridgehead atoms. The summed E-state index contributed by atoms with van der Waals surface area (Å²) >= 11 is 0. The van der Waals surface area contributed by atoms with Crippen LogP contribution in [0.2, 0.25) is 0 Å². The number of nitrogen functional groups attached to an aromatic ring is 1. The molecular weight excluding hydrogens is 640 g/mol. The van der Waals surface area contributed by atoms with Crippen molar-refractivity contribution in [3.05, 3.63) is 60.2 Å². The van der Waals surface area contributed by atoms with Crippen LogP contribution in [0.1, 0.15) is 17.3 Å². The molecule has 18 heteroatoms. The van der Waals surface area contributed by atoms with Crippen molar-refractivity contribution in [2.45, 2.75) is 11.8 Å². The molecule has 0 saturated heterocycles. The first kappa shape index (κ1) is 34.2. The molecule has 0 atom stereocenters. The molecule has 0 fully saturated rings. The molecule has 0 aromatic heterocycles. The Labute approximate surface area is 266 Å². The van der Waals surface area contributed by atoms with Gasteiger partial charge in [0.15, 0.2) is 5.75 Å². The molecule has 4 aromatic rings. The monoisotopic (exact) mass is 668 g/mol. The van der Waals surface area contributed by atoms with Gasteiger partial charge in [-0.2, -0.15) is 8.42 Å². The number of nitrogens with two attached hydrogens (primary N) is 1. The van der Waals surface area contributed by atoms with Crippen LogP contribution >= 0.6 is 0 Å². The van der Waals surface area contributed by atoms with Crippen molar-refractivity contribution < 1.29 is 52.5 Å². The van der Waals surface area contributed by atoms with Gasteiger partial charge in [0.25, 0.3) is 10.1 Å². The molecule has 0 saturated carbocycles. The Bertz CT molecular complexity index is 2020. The standard InChI is InChI=1S/C29H28N6O11S/c1-15(38)31-18-4-5-21(20(12-18)29(40)41)32-33-22-13-25(46-9-7-37)23(14-24(22)45-8-6-36)34-35-27-26(47(42,43)44)10-16-2-3-17(30)11-19(16)28(27)39/h2-5,10-14,36-37,39H,6-9,30H2,1H3,(H,31,38)(H,40,41)(H,42,43,44). The third kappa shape index (κ3) is 8.32. The Hall–Kier alpha value is -5.69. The smallest absolute Gasteiger partial charge is 0.338 e. The number of nitrogens with one attached hydrogen (secondary N) is 1. The number of hydrogen-bond acceptors (Lipinski definition) is 14. The van der Waals surface area contributed by atoms with Crippen LogP contribution in [-0.2, 0) is 14.9 Å². The summed E-state index contributed by atoms with van der Waals surface area (Å²) in [5.74, 6) is -2.57. The summed E-state index contributed by atoms with van der Waals surface area (Å²) in [5.41, 5.74) is 5.11. The van der Waals surface area contributed by atoms with E-state index in [9.17, 15) is 43.0 Å². The maximum atomic E-state index is 12.2. The van der Waals surface area contributed by atoms with Crippen LogP contribution in [-0.4, -0.2) is 71.7 Å². The third-order valence-corrected chi connectivity index (χ3v) is 7.03. The zero-order valence-corrected chi connectivity index (χ0v) is 25.3. The molecule has 0 aliphatic rings. The number of carboxylic acid groups (broad SMARTS) is 1. The van der Waals surface area contributed by atoms with Gasteiger partial charge in [-0.05, 0) is 41.8 Å². The molecule has 0 radical (unpaired) electrons. The molecular formula is C29H28N6O11S. The minimum Gasteiger partial charge on any atom is -0.505 e. The fourth-order valence-electron chi connectivity index (χ4n) is 4.18. The molecule has 0 unspecified atom stereocenters. The molecule has 8 N–H and O–H groups in total. The lowest BCUT2D eigenvalue weighted by Crippen LogP contribution is -2.07. The van der Waals surface area contributed by atoms with Crippen LogP contribution in [0, 0.1) is 0 Å². The average Bonchev–Trinajstić information content (AvgIpc) is 3.01. The summed E-state index contributed by atoms with van der Waals surface area (Å²) in [6.45, 7) is -0.0771. The molecule has 0 aliphatic carbocycles. The van der Waals surface area contributed by atoms with Crippen LogP contribution < -0.4 is 20.5 Å². The van der Waals surface area contributed by atoms with E-state index in [2.05, 4.69) is 25.8 Å². The summed E-state index contributed by atoms with van der Waals surface area (Å²) in [6.07, 6.45) is 0. The quantitative estimate of drug-likeness (QED) is 0.0585. The molecule has 0 heterocycles. The molecule has 1 amide bonds. The highest BCUT2D eigenvalue weighted by Gasteiger charge is 2.23. The minimum atomic E-state index is -4.92. The van der Waals surface area contributed by atoms with E-state index in [1.54, 1.807) is 0 Å². The van der Waals surface area contributed by atoms with Gasteiger partial charge >= 0.3 is 5.97 Å². The van der Waals surface area contributed by atoms with Gasteiger partial charge in [-0.15, -0.1) is 20.5 Å². The largest absolute Gasteiger partial charge is 0.505 e. The predicted octanol–water partition coefficient (Wildman–Crippen LogP) is 4.60. The number of rotatable bonds is 13. The number of aliphatic hydroxyl groups is 2. The zero-order valence-electron chi connectivity index (χ0n) is 24.5. The summed E-state index contributed by atoms with van der Waals surface area (Å²) < 4.78 is 45.4. The van der Waals surface area contributed by atoms with Crippen LogP contribution in [0.3, 0.4) is 0 Å². The number of phenolic OH excluding ortho intramolecular Hbond substituents is 1. The molecule has 47 heavy (non-hydrogen) atoms. The molecule has 17 nitrogen and oxygen atoms in total. The first-order valence-electron chi connectivity index (χ1n) is 13.5. The summed E-state index contributed by atoms with van der Waals surface area (Å²) in [5, 5.41) is 58.2. The number of azo groups is 2. The first-order valence-corrected chi connectivity index (χ1v) is 14.9. The van der Waals surface area contributed by atoms with Gasteiger partial charge in [0.05, 0.1) is 18.8 Å². The number of nitrogens with zero attached hydrogens (tertiary/aromatic N) is 4. The van der Waals surface area contributed by atoms with Crippen LogP contribution in [0.15, 0.2) is 79.9 Å². The lowest BCUT2D eigenvalue weighted by atomic mass is 10.1. The third-order valence-electron chi connectivity index (χ3n) is 6.16. The minimum absolute atomic E-state index is 0.0460. The van der Waals surface area contributed by atoms with E-state index < -0.39 is 51.5 Å². The number of amides is 1. The van der Waals surface area contributed by atoms with E-state index in [1.165, 1.54) is 55.5 Å². The Balaban J connectivity index is 1.85. The Morgan fingerprint density at radius 2 is 1.45 bits per heavy atom. The maximum absolute atomic E-state index is 12.2. The number of fused-ring (bicyclic) bond motifs is 1. The highest BCUT2D eigenvalue weighted by Crippen LogP contribution is 2.45. The normalized spacial score (nSPS) is 11.7. The number of anilines is 2. The van der Waals surface area contributed by atoms with Crippen LogP contribution in [0.25, 0.3) is 10.8 Å². The maximum Gasteiger partial charge on any atom is 0.338 e. The van der Waals surface area contributed by atoms with Crippen molar-refractivity contribution in [2.24, 2.45) is 20.5 Å². The second kappa shape index (κ2) is 14.6. The van der Waals surface area contributed by atoms with Crippen LogP contribution in [0.5, 0.6) is 17.2 Å². The molecule has 0 aliphatic heterocycles. The number of carbonyl (C=O) groups excluding carboxylic acids is 1. The average molecular weight is 669 g/mol. The van der Waals surface area contributed by atoms with Crippen molar-refractivity contribution in [2.75, 3.05) is 37.5 Å². The van der Waals surface area contributed by atoms with E-state index in [0.29, 0.717) is 0 Å². The van der Waals surface area contributed by atoms with Gasteiger partial charge in [0.1, 0.15) is 52.4 Å². The number of hydrogen-bond donors (Lipinski definition) is 7. The van der Waals surface area contributed by atoms with Gasteiger partial charge in [-0.25, -0.2) is 4.79 Å². The number of carboxylic acids is 1. The van der Waals surface area contributed by atoms with Crippen molar-refractivity contribution >= 4 is 66.9 Å². The summed E-state index contributed by atoms with van der Waals surface area (Å²) in [4.78, 5) is 22.5. The first-order chi connectivity index (χ1) is 22.3. The SMILES string of the molecule is CC(=O)Nc1ccc(N=Nc2cc(OCCO)c(N=Nc3c(S(=O)(=O)O)cc4ccc(N)cc4c3O)cc2OCCO)c(C(=O)O)c1. The zero-order chi connectivity index (χ0) is 34.3. The van der Waals surface area contributed by atoms with Crippen molar-refractivity contribution in [3.8, 4) is 17.2 Å². The number of carbonyl (C=O) groups is 2. The summed E-state index contributed by atoms with van der Waals surface area (Å²) in [6, 6.07) is 11.8. The highest BCUT2D eigenvalue weighted by atomic mass is 32.2. The molecule has 246 valence electrons. The van der Waals surface area contributed by atoms with Gasteiger partial charge in [0.2, 0.25) is 5.91 Å². The number of aliphatic hydroxyl groups excluding tert-OH is 2. The molecule has 4 rings (SSSR count). The number of benzene rings is 4. The lowest BCUT2D eigenvalue weighted by molar-refractivity contribution is -0.114. The Kier molecular flexibility index (Phi) is 10.6. The topological polar surface area (TPSA) is 275 Å². The van der Waals surface area contributed by atoms with Crippen LogP contribution in [0.4, 0.5) is 34.1 Å². The van der Waals surface area contributed by atoms with Gasteiger partial charge < -0.3 is 41.0 Å². The van der Waals surface area contributed by atoms with Crippen molar-refractivity contribution in [1.29, 1.82) is 0 Å². The van der Waals surface area contributed by atoms with E-state index in [-0.39, 0.29) is 69.5 Å².